The molecular weight excluding hydrogens is 330 g/mol. The van der Waals surface area contributed by atoms with Gasteiger partial charge in [0.2, 0.25) is 5.91 Å². The normalized spacial score (nSPS) is 13.4. The first-order valence-corrected chi connectivity index (χ1v) is 7.79. The van der Waals surface area contributed by atoms with Crippen molar-refractivity contribution in [2.75, 3.05) is 10.6 Å². The van der Waals surface area contributed by atoms with Crippen LogP contribution < -0.4 is 15.4 Å². The van der Waals surface area contributed by atoms with Crippen molar-refractivity contribution >= 4 is 23.2 Å². The Bertz CT molecular complexity index is 791. The fourth-order valence-electron chi connectivity index (χ4n) is 2.29. The first-order valence-electron chi connectivity index (χ1n) is 7.79. The molecule has 0 spiro atoms. The van der Waals surface area contributed by atoms with Crippen LogP contribution in [-0.4, -0.2) is 18.4 Å². The molecule has 2 amide bonds. The van der Waals surface area contributed by atoms with Crippen LogP contribution in [0.15, 0.2) is 48.5 Å². The van der Waals surface area contributed by atoms with Gasteiger partial charge in [-0.25, -0.2) is 0 Å². The van der Waals surface area contributed by atoms with Gasteiger partial charge in [-0.3, -0.25) is 9.59 Å². The standard InChI is InChI=1S/C18H16F2N2O3/c19-18(20)25-15-7-2-1-6-14(15)22-17(24)12-4-3-5-13(10-12)21-16(23)11-8-9-11/h1-7,10-11,18H,8-9H2,(H,21,23)(H,22,24). The van der Waals surface area contributed by atoms with Crippen molar-refractivity contribution in [1.82, 2.24) is 0 Å². The van der Waals surface area contributed by atoms with E-state index in [1.807, 2.05) is 0 Å². The molecule has 0 saturated heterocycles. The monoisotopic (exact) mass is 346 g/mol. The predicted octanol–water partition coefficient (Wildman–Crippen LogP) is 3.89. The summed E-state index contributed by atoms with van der Waals surface area (Å²) in [6.45, 7) is -2.99. The third kappa shape index (κ3) is 4.53. The van der Waals surface area contributed by atoms with Gasteiger partial charge >= 0.3 is 6.61 Å². The largest absolute Gasteiger partial charge is 0.433 e. The minimum atomic E-state index is -2.99. The fourth-order valence-corrected chi connectivity index (χ4v) is 2.29. The van der Waals surface area contributed by atoms with Gasteiger partial charge in [0.15, 0.2) is 0 Å². The average molecular weight is 346 g/mol. The second-order valence-electron chi connectivity index (χ2n) is 5.67. The quantitative estimate of drug-likeness (QED) is 0.834. The second kappa shape index (κ2) is 7.29. The number of halogens is 2. The minimum Gasteiger partial charge on any atom is -0.433 e. The lowest BCUT2D eigenvalue weighted by Crippen LogP contribution is -2.16. The Balaban J connectivity index is 1.72. The maximum Gasteiger partial charge on any atom is 0.387 e. The van der Waals surface area contributed by atoms with Crippen LogP contribution >= 0.6 is 0 Å². The molecule has 0 heterocycles. The van der Waals surface area contributed by atoms with E-state index in [-0.39, 0.29) is 23.3 Å². The molecule has 25 heavy (non-hydrogen) atoms. The Hall–Kier alpha value is -2.96. The summed E-state index contributed by atoms with van der Waals surface area (Å²) in [5.74, 6) is -0.624. The van der Waals surface area contributed by atoms with Crippen molar-refractivity contribution in [2.24, 2.45) is 5.92 Å². The van der Waals surface area contributed by atoms with Crippen LogP contribution in [0.1, 0.15) is 23.2 Å². The van der Waals surface area contributed by atoms with Crippen LogP contribution in [-0.2, 0) is 4.79 Å². The van der Waals surface area contributed by atoms with Gasteiger partial charge in [-0.15, -0.1) is 0 Å². The van der Waals surface area contributed by atoms with Gasteiger partial charge in [0.25, 0.3) is 5.91 Å². The molecule has 2 N–H and O–H groups in total. The number of carbonyl (C=O) groups excluding carboxylic acids is 2. The summed E-state index contributed by atoms with van der Waals surface area (Å²) >= 11 is 0. The number of rotatable bonds is 6. The SMILES string of the molecule is O=C(Nc1ccccc1OC(F)F)c1cccc(NC(=O)C2CC2)c1. The highest BCUT2D eigenvalue weighted by atomic mass is 19.3. The summed E-state index contributed by atoms with van der Waals surface area (Å²) in [5.41, 5.74) is 0.947. The zero-order valence-corrected chi connectivity index (χ0v) is 13.2. The highest BCUT2D eigenvalue weighted by Gasteiger charge is 2.29. The van der Waals surface area contributed by atoms with Crippen LogP contribution in [0.5, 0.6) is 5.75 Å². The number of benzene rings is 2. The number of nitrogens with one attached hydrogen (secondary N) is 2. The van der Waals surface area contributed by atoms with Crippen LogP contribution in [0.4, 0.5) is 20.2 Å². The molecular formula is C18H16F2N2O3. The second-order valence-corrected chi connectivity index (χ2v) is 5.67. The number of anilines is 2. The van der Waals surface area contributed by atoms with Crippen LogP contribution in [0, 0.1) is 5.92 Å². The van der Waals surface area contributed by atoms with Crippen molar-refractivity contribution in [1.29, 1.82) is 0 Å². The lowest BCUT2D eigenvalue weighted by molar-refractivity contribution is -0.117. The number of carbonyl (C=O) groups is 2. The van der Waals surface area contributed by atoms with E-state index in [9.17, 15) is 18.4 Å². The van der Waals surface area contributed by atoms with Gasteiger partial charge in [0, 0.05) is 17.2 Å². The molecule has 130 valence electrons. The molecule has 1 saturated carbocycles. The summed E-state index contributed by atoms with van der Waals surface area (Å²) in [7, 11) is 0. The van der Waals surface area contributed by atoms with E-state index in [0.717, 1.165) is 12.8 Å². The summed E-state index contributed by atoms with van der Waals surface area (Å²) < 4.78 is 29.2. The van der Waals surface area contributed by atoms with E-state index in [0.29, 0.717) is 11.3 Å². The fraction of sp³-hybridized carbons (Fsp3) is 0.222. The molecule has 3 rings (SSSR count). The highest BCUT2D eigenvalue weighted by molar-refractivity contribution is 6.06. The Morgan fingerprint density at radius 1 is 1.04 bits per heavy atom. The molecule has 1 aliphatic carbocycles. The maximum atomic E-state index is 12.4. The first-order chi connectivity index (χ1) is 12.0. The van der Waals surface area contributed by atoms with Gasteiger partial charge in [-0.1, -0.05) is 18.2 Å². The lowest BCUT2D eigenvalue weighted by atomic mass is 10.1. The number of ether oxygens (including phenoxy) is 1. The minimum absolute atomic E-state index is 0.0517. The Labute approximate surface area is 143 Å². The number of hydrogen-bond acceptors (Lipinski definition) is 3. The summed E-state index contributed by atoms with van der Waals surface area (Å²) in [5, 5.41) is 5.30. The Kier molecular flexibility index (Phi) is 4.92. The summed E-state index contributed by atoms with van der Waals surface area (Å²) in [6, 6.07) is 12.4. The van der Waals surface area contributed by atoms with Gasteiger partial charge in [0.05, 0.1) is 5.69 Å². The molecule has 2 aromatic rings. The van der Waals surface area contributed by atoms with E-state index in [1.54, 1.807) is 24.3 Å². The van der Waals surface area contributed by atoms with Crippen molar-refractivity contribution in [3.63, 3.8) is 0 Å². The van der Waals surface area contributed by atoms with Crippen LogP contribution in [0.25, 0.3) is 0 Å². The highest BCUT2D eigenvalue weighted by Crippen LogP contribution is 2.30. The number of para-hydroxylation sites is 2. The first kappa shape index (κ1) is 16.9. The molecule has 0 unspecified atom stereocenters. The van der Waals surface area contributed by atoms with Gasteiger partial charge in [-0.2, -0.15) is 8.78 Å². The molecule has 7 heteroatoms. The molecule has 5 nitrogen and oxygen atoms in total. The van der Waals surface area contributed by atoms with Crippen LogP contribution in [0.2, 0.25) is 0 Å². The number of alkyl halides is 2. The zero-order valence-electron chi connectivity index (χ0n) is 13.2. The van der Waals surface area contributed by atoms with Gasteiger partial charge < -0.3 is 15.4 Å². The smallest absolute Gasteiger partial charge is 0.387 e. The zero-order chi connectivity index (χ0) is 17.8. The average Bonchev–Trinajstić information content (AvgIpc) is 3.41. The maximum absolute atomic E-state index is 12.4. The molecule has 1 fully saturated rings. The molecule has 0 aliphatic heterocycles. The van der Waals surface area contributed by atoms with Crippen molar-refractivity contribution in [2.45, 2.75) is 19.5 Å². The summed E-state index contributed by atoms with van der Waals surface area (Å²) in [4.78, 5) is 24.2. The third-order valence-electron chi connectivity index (χ3n) is 3.69. The molecule has 2 aromatic carbocycles. The Morgan fingerprint density at radius 2 is 1.80 bits per heavy atom. The topological polar surface area (TPSA) is 67.4 Å². The van der Waals surface area contributed by atoms with Crippen LogP contribution in [0.3, 0.4) is 0 Å². The summed E-state index contributed by atoms with van der Waals surface area (Å²) in [6.07, 6.45) is 1.76. The van der Waals surface area contributed by atoms with Gasteiger partial charge in [-0.05, 0) is 43.2 Å². The van der Waals surface area contributed by atoms with E-state index in [2.05, 4.69) is 15.4 Å². The molecule has 0 bridgehead atoms. The van der Waals surface area contributed by atoms with E-state index >= 15 is 0 Å². The van der Waals surface area contributed by atoms with E-state index in [4.69, 9.17) is 0 Å². The van der Waals surface area contributed by atoms with Gasteiger partial charge in [0.1, 0.15) is 5.75 Å². The Morgan fingerprint density at radius 3 is 2.52 bits per heavy atom. The van der Waals surface area contributed by atoms with Crippen molar-refractivity contribution < 1.29 is 23.1 Å². The number of amides is 2. The lowest BCUT2D eigenvalue weighted by Gasteiger charge is -2.12. The molecule has 0 radical (unpaired) electrons. The molecule has 0 atom stereocenters. The third-order valence-corrected chi connectivity index (χ3v) is 3.69. The van der Waals surface area contributed by atoms with E-state index in [1.165, 1.54) is 24.3 Å². The molecule has 0 aromatic heterocycles. The van der Waals surface area contributed by atoms with Crippen molar-refractivity contribution in [3.05, 3.63) is 54.1 Å². The molecule has 1 aliphatic rings. The number of hydrogen-bond donors (Lipinski definition) is 2. The van der Waals surface area contributed by atoms with Crippen molar-refractivity contribution in [3.8, 4) is 5.75 Å². The van der Waals surface area contributed by atoms with E-state index < -0.39 is 12.5 Å². The predicted molar refractivity (Wildman–Crippen MR) is 88.8 cm³/mol.